The molecular weight excluding hydrogens is 340 g/mol. The highest BCUT2D eigenvalue weighted by molar-refractivity contribution is 7.87. The molecule has 1 aromatic carbocycles. The third-order valence-corrected chi connectivity index (χ3v) is 5.68. The van der Waals surface area contributed by atoms with Crippen LogP contribution in [0.2, 0.25) is 0 Å². The number of hydrogen-bond acceptors (Lipinski definition) is 4. The second kappa shape index (κ2) is 7.65. The molecule has 0 amide bonds. The molecule has 1 aromatic heterocycles. The van der Waals surface area contributed by atoms with Crippen LogP contribution >= 0.6 is 0 Å². The van der Waals surface area contributed by atoms with Crippen molar-refractivity contribution in [3.63, 3.8) is 0 Å². The molecule has 1 aliphatic rings. The maximum Gasteiger partial charge on any atom is 0.279 e. The first-order valence-electron chi connectivity index (χ1n) is 8.43. The van der Waals surface area contributed by atoms with Gasteiger partial charge < -0.3 is 4.74 Å². The molecule has 3 rings (SSSR count). The fraction of sp³-hybridized carbons (Fsp3) is 0.471. The zero-order chi connectivity index (χ0) is 17.9. The summed E-state index contributed by atoms with van der Waals surface area (Å²) in [6.07, 6.45) is 4.07. The number of nitrogens with one attached hydrogen (secondary N) is 1. The van der Waals surface area contributed by atoms with Crippen molar-refractivity contribution in [3.05, 3.63) is 48.3 Å². The quantitative estimate of drug-likeness (QED) is 0.840. The van der Waals surface area contributed by atoms with E-state index in [1.807, 2.05) is 50.4 Å². The number of morpholine rings is 1. The maximum atomic E-state index is 12.4. The molecule has 0 spiro atoms. The minimum atomic E-state index is -3.47. The van der Waals surface area contributed by atoms with Crippen LogP contribution < -0.4 is 4.72 Å². The van der Waals surface area contributed by atoms with Crippen LogP contribution in [0.4, 0.5) is 0 Å². The van der Waals surface area contributed by atoms with E-state index in [0.717, 1.165) is 11.3 Å². The van der Waals surface area contributed by atoms with Crippen LogP contribution in [-0.2, 0) is 21.4 Å². The predicted molar refractivity (Wildman–Crippen MR) is 95.8 cm³/mol. The normalized spacial score (nSPS) is 22.2. The molecule has 0 unspecified atom stereocenters. The maximum absolute atomic E-state index is 12.4. The summed E-state index contributed by atoms with van der Waals surface area (Å²) in [6, 6.07) is 9.80. The van der Waals surface area contributed by atoms with E-state index in [4.69, 9.17) is 4.74 Å². The molecule has 7 nitrogen and oxygen atoms in total. The van der Waals surface area contributed by atoms with Crippen molar-refractivity contribution >= 4 is 10.2 Å². The molecule has 1 N–H and O–H groups in total. The van der Waals surface area contributed by atoms with Gasteiger partial charge in [-0.25, -0.2) is 9.40 Å². The number of aromatic nitrogens is 2. The fourth-order valence-corrected chi connectivity index (χ4v) is 4.33. The average Bonchev–Trinajstić information content (AvgIpc) is 3.09. The Morgan fingerprint density at radius 1 is 1.20 bits per heavy atom. The summed E-state index contributed by atoms with van der Waals surface area (Å²) in [6.45, 7) is 4.92. The highest BCUT2D eigenvalue weighted by atomic mass is 32.2. The minimum absolute atomic E-state index is 0.0878. The monoisotopic (exact) mass is 364 g/mol. The van der Waals surface area contributed by atoms with E-state index in [1.54, 1.807) is 10.9 Å². The van der Waals surface area contributed by atoms with Gasteiger partial charge in [-0.1, -0.05) is 12.1 Å². The van der Waals surface area contributed by atoms with Crippen molar-refractivity contribution in [2.45, 2.75) is 32.5 Å². The Morgan fingerprint density at radius 3 is 2.48 bits per heavy atom. The third kappa shape index (κ3) is 4.66. The van der Waals surface area contributed by atoms with E-state index in [9.17, 15) is 8.42 Å². The van der Waals surface area contributed by atoms with Crippen LogP contribution in [-0.4, -0.2) is 54.3 Å². The highest BCUT2D eigenvalue weighted by Crippen LogP contribution is 2.14. The standard InChI is InChI=1S/C17H24N4O3S/c1-14-12-20(13-15(2)24-14)25(22,23)19-10-8-16-4-6-17(7-5-16)21-11-3-9-18-21/h3-7,9,11,14-15,19H,8,10,12-13H2,1-2H3/t14-,15-/m0/s1. The third-order valence-electron chi connectivity index (χ3n) is 4.13. The number of rotatable bonds is 6. The topological polar surface area (TPSA) is 76.5 Å². The highest BCUT2D eigenvalue weighted by Gasteiger charge is 2.30. The minimum Gasteiger partial charge on any atom is -0.373 e. The predicted octanol–water partition coefficient (Wildman–Crippen LogP) is 1.36. The summed E-state index contributed by atoms with van der Waals surface area (Å²) in [7, 11) is -3.47. The van der Waals surface area contributed by atoms with Gasteiger partial charge in [-0.15, -0.1) is 0 Å². The van der Waals surface area contributed by atoms with Crippen molar-refractivity contribution in [1.29, 1.82) is 0 Å². The molecule has 2 heterocycles. The van der Waals surface area contributed by atoms with Crippen LogP contribution in [0.3, 0.4) is 0 Å². The lowest BCUT2D eigenvalue weighted by atomic mass is 10.1. The summed E-state index contributed by atoms with van der Waals surface area (Å²) in [5.41, 5.74) is 2.05. The summed E-state index contributed by atoms with van der Waals surface area (Å²) >= 11 is 0. The van der Waals surface area contributed by atoms with E-state index in [1.165, 1.54) is 4.31 Å². The number of benzene rings is 1. The molecule has 0 saturated carbocycles. The lowest BCUT2D eigenvalue weighted by Gasteiger charge is -2.34. The number of ether oxygens (including phenoxy) is 1. The smallest absolute Gasteiger partial charge is 0.279 e. The molecule has 0 bridgehead atoms. The van der Waals surface area contributed by atoms with Gasteiger partial charge in [0, 0.05) is 32.0 Å². The van der Waals surface area contributed by atoms with Gasteiger partial charge in [0.25, 0.3) is 10.2 Å². The Bertz CT molecular complexity index is 765. The Kier molecular flexibility index (Phi) is 5.53. The lowest BCUT2D eigenvalue weighted by molar-refractivity contribution is -0.0443. The first kappa shape index (κ1) is 18.1. The molecule has 1 saturated heterocycles. The van der Waals surface area contributed by atoms with Crippen LogP contribution in [0.5, 0.6) is 0 Å². The van der Waals surface area contributed by atoms with Gasteiger partial charge in [-0.05, 0) is 44.0 Å². The number of nitrogens with zero attached hydrogens (tertiary/aromatic N) is 3. The summed E-state index contributed by atoms with van der Waals surface area (Å²) < 4.78 is 36.4. The molecule has 2 aromatic rings. The Morgan fingerprint density at radius 2 is 1.88 bits per heavy atom. The van der Waals surface area contributed by atoms with E-state index in [0.29, 0.717) is 26.1 Å². The zero-order valence-electron chi connectivity index (χ0n) is 14.5. The van der Waals surface area contributed by atoms with Crippen molar-refractivity contribution in [3.8, 4) is 5.69 Å². The van der Waals surface area contributed by atoms with Crippen molar-refractivity contribution in [1.82, 2.24) is 18.8 Å². The Labute approximate surface area is 148 Å². The fourth-order valence-electron chi connectivity index (χ4n) is 2.98. The van der Waals surface area contributed by atoms with E-state index >= 15 is 0 Å². The van der Waals surface area contributed by atoms with E-state index in [2.05, 4.69) is 9.82 Å². The van der Waals surface area contributed by atoms with Gasteiger partial charge in [-0.2, -0.15) is 17.8 Å². The molecule has 0 radical (unpaired) electrons. The average molecular weight is 364 g/mol. The molecule has 8 heteroatoms. The zero-order valence-corrected chi connectivity index (χ0v) is 15.3. The first-order chi connectivity index (χ1) is 11.9. The molecule has 2 atom stereocenters. The van der Waals surface area contributed by atoms with Gasteiger partial charge in [0.05, 0.1) is 17.9 Å². The lowest BCUT2D eigenvalue weighted by Crippen LogP contribution is -2.52. The van der Waals surface area contributed by atoms with Gasteiger partial charge in [-0.3, -0.25) is 0 Å². The van der Waals surface area contributed by atoms with Crippen molar-refractivity contribution in [2.24, 2.45) is 0 Å². The molecule has 0 aliphatic carbocycles. The molecule has 25 heavy (non-hydrogen) atoms. The Hall–Kier alpha value is -1.74. The van der Waals surface area contributed by atoms with E-state index < -0.39 is 10.2 Å². The largest absolute Gasteiger partial charge is 0.373 e. The Balaban J connectivity index is 1.53. The van der Waals surface area contributed by atoms with E-state index in [-0.39, 0.29) is 12.2 Å². The van der Waals surface area contributed by atoms with Gasteiger partial charge >= 0.3 is 0 Å². The van der Waals surface area contributed by atoms with Crippen LogP contribution in [0.25, 0.3) is 5.69 Å². The molecule has 1 fully saturated rings. The second-order valence-corrected chi connectivity index (χ2v) is 8.10. The first-order valence-corrected chi connectivity index (χ1v) is 9.87. The molecule has 1 aliphatic heterocycles. The van der Waals surface area contributed by atoms with Crippen molar-refractivity contribution < 1.29 is 13.2 Å². The van der Waals surface area contributed by atoms with Gasteiger partial charge in [0.2, 0.25) is 0 Å². The summed E-state index contributed by atoms with van der Waals surface area (Å²) in [5, 5.41) is 4.18. The summed E-state index contributed by atoms with van der Waals surface area (Å²) in [4.78, 5) is 0. The SMILES string of the molecule is C[C@H]1CN(S(=O)(=O)NCCc2ccc(-n3cccn3)cc2)C[C@H](C)O1. The number of hydrogen-bond donors (Lipinski definition) is 1. The molecule has 136 valence electrons. The van der Waals surface area contributed by atoms with Crippen LogP contribution in [0, 0.1) is 0 Å². The molecular formula is C17H24N4O3S. The second-order valence-electron chi connectivity index (χ2n) is 6.34. The summed E-state index contributed by atoms with van der Waals surface area (Å²) in [5.74, 6) is 0. The van der Waals surface area contributed by atoms with Crippen LogP contribution in [0.1, 0.15) is 19.4 Å². The van der Waals surface area contributed by atoms with Crippen molar-refractivity contribution in [2.75, 3.05) is 19.6 Å². The van der Waals surface area contributed by atoms with Gasteiger partial charge in [0.1, 0.15) is 0 Å². The van der Waals surface area contributed by atoms with Gasteiger partial charge in [0.15, 0.2) is 0 Å². The van der Waals surface area contributed by atoms with Crippen LogP contribution in [0.15, 0.2) is 42.7 Å².